The van der Waals surface area contributed by atoms with Crippen molar-refractivity contribution in [2.45, 2.75) is 31.0 Å². The maximum Gasteiger partial charge on any atom is 0.338 e. The molecule has 6 nitrogen and oxygen atoms in total. The maximum atomic E-state index is 11.7. The Kier molecular flexibility index (Phi) is 3.86. The molecular formula is C13H16O6. The summed E-state index contributed by atoms with van der Waals surface area (Å²) in [7, 11) is 0. The fourth-order valence-electron chi connectivity index (χ4n) is 1.88. The molecule has 6 heteroatoms. The Balaban J connectivity index is 1.95. The Hall–Kier alpha value is -1.47. The lowest BCUT2D eigenvalue weighted by Gasteiger charge is -2.25. The topological polar surface area (TPSA) is 96.2 Å². The highest BCUT2D eigenvalue weighted by molar-refractivity contribution is 5.89. The van der Waals surface area contributed by atoms with Crippen LogP contribution in [0.15, 0.2) is 30.3 Å². The van der Waals surface area contributed by atoms with Gasteiger partial charge in [-0.05, 0) is 19.1 Å². The van der Waals surface area contributed by atoms with Gasteiger partial charge in [0.25, 0.3) is 0 Å². The van der Waals surface area contributed by atoms with E-state index in [0.717, 1.165) is 0 Å². The molecule has 1 aromatic carbocycles. The van der Waals surface area contributed by atoms with Crippen molar-refractivity contribution in [3.63, 3.8) is 0 Å². The molecule has 1 aromatic rings. The maximum absolute atomic E-state index is 11.7. The number of benzene rings is 1. The van der Waals surface area contributed by atoms with E-state index < -0.39 is 30.1 Å². The highest BCUT2D eigenvalue weighted by atomic mass is 16.7. The zero-order chi connectivity index (χ0) is 14.0. The molecular weight excluding hydrogens is 252 g/mol. The molecule has 1 heterocycles. The third-order valence-electron chi connectivity index (χ3n) is 3.20. The summed E-state index contributed by atoms with van der Waals surface area (Å²) in [6.45, 7) is 1.06. The average Bonchev–Trinajstić information content (AvgIpc) is 2.60. The van der Waals surface area contributed by atoms with E-state index in [-0.39, 0.29) is 6.61 Å². The Labute approximate surface area is 110 Å². The first-order chi connectivity index (χ1) is 8.93. The molecule has 0 aliphatic carbocycles. The van der Waals surface area contributed by atoms with Crippen molar-refractivity contribution < 1.29 is 29.6 Å². The van der Waals surface area contributed by atoms with Crippen molar-refractivity contribution >= 4 is 5.97 Å². The van der Waals surface area contributed by atoms with Crippen LogP contribution < -0.4 is 0 Å². The molecule has 3 unspecified atom stereocenters. The molecule has 104 valence electrons. The summed E-state index contributed by atoms with van der Waals surface area (Å²) >= 11 is 0. The van der Waals surface area contributed by atoms with Crippen LogP contribution in [0.4, 0.5) is 0 Å². The summed E-state index contributed by atoms with van der Waals surface area (Å²) in [5.41, 5.74) is -1.29. The summed E-state index contributed by atoms with van der Waals surface area (Å²) in [5.74, 6) is -0.559. The van der Waals surface area contributed by atoms with E-state index in [2.05, 4.69) is 0 Å². The third-order valence-corrected chi connectivity index (χ3v) is 3.20. The van der Waals surface area contributed by atoms with Crippen LogP contribution in [0, 0.1) is 0 Å². The van der Waals surface area contributed by atoms with Crippen molar-refractivity contribution in [2.75, 3.05) is 6.61 Å². The zero-order valence-corrected chi connectivity index (χ0v) is 10.4. The molecule has 1 aliphatic heterocycles. The largest absolute Gasteiger partial charge is 0.459 e. The summed E-state index contributed by atoms with van der Waals surface area (Å²) in [6.07, 6.45) is -3.91. The molecule has 2 rings (SSSR count). The third kappa shape index (κ3) is 2.76. The summed E-state index contributed by atoms with van der Waals surface area (Å²) in [5, 5.41) is 28.8. The van der Waals surface area contributed by atoms with Gasteiger partial charge in [-0.25, -0.2) is 4.79 Å². The molecule has 0 saturated carbocycles. The lowest BCUT2D eigenvalue weighted by molar-refractivity contribution is -0.133. The number of aliphatic hydroxyl groups is 3. The molecule has 0 spiro atoms. The van der Waals surface area contributed by atoms with Crippen molar-refractivity contribution in [3.05, 3.63) is 35.9 Å². The van der Waals surface area contributed by atoms with Gasteiger partial charge in [0.2, 0.25) is 0 Å². The number of esters is 1. The van der Waals surface area contributed by atoms with Crippen LogP contribution in [-0.4, -0.2) is 52.0 Å². The second-order valence-corrected chi connectivity index (χ2v) is 4.65. The van der Waals surface area contributed by atoms with E-state index in [1.165, 1.54) is 6.92 Å². The van der Waals surface area contributed by atoms with Crippen LogP contribution in [0.3, 0.4) is 0 Å². The van der Waals surface area contributed by atoms with Gasteiger partial charge in [-0.2, -0.15) is 0 Å². The number of carbonyl (C=O) groups is 1. The molecule has 1 fully saturated rings. The van der Waals surface area contributed by atoms with Gasteiger partial charge in [0.15, 0.2) is 6.29 Å². The quantitative estimate of drug-likeness (QED) is 0.650. The first kappa shape index (κ1) is 14.0. The van der Waals surface area contributed by atoms with Crippen molar-refractivity contribution in [2.24, 2.45) is 0 Å². The van der Waals surface area contributed by atoms with E-state index in [1.54, 1.807) is 30.3 Å². The molecule has 3 N–H and O–H groups in total. The summed E-state index contributed by atoms with van der Waals surface area (Å²) < 4.78 is 9.95. The van der Waals surface area contributed by atoms with E-state index in [9.17, 15) is 20.1 Å². The Bertz CT molecular complexity index is 444. The first-order valence-electron chi connectivity index (χ1n) is 5.89. The molecule has 19 heavy (non-hydrogen) atoms. The first-order valence-corrected chi connectivity index (χ1v) is 5.89. The van der Waals surface area contributed by atoms with Crippen molar-refractivity contribution in [3.8, 4) is 0 Å². The van der Waals surface area contributed by atoms with Crippen molar-refractivity contribution in [1.29, 1.82) is 0 Å². The number of carbonyl (C=O) groups excluding carboxylic acids is 1. The van der Waals surface area contributed by atoms with E-state index in [0.29, 0.717) is 5.56 Å². The Morgan fingerprint density at radius 2 is 2.00 bits per heavy atom. The monoisotopic (exact) mass is 268 g/mol. The number of aliphatic hydroxyl groups excluding tert-OH is 2. The molecule has 1 saturated heterocycles. The number of rotatable bonds is 3. The molecule has 4 atom stereocenters. The minimum absolute atomic E-state index is 0.255. The predicted molar refractivity (Wildman–Crippen MR) is 64.2 cm³/mol. The van der Waals surface area contributed by atoms with Crippen LogP contribution >= 0.6 is 0 Å². The lowest BCUT2D eigenvalue weighted by atomic mass is 9.95. The van der Waals surface area contributed by atoms with Crippen LogP contribution in [0.25, 0.3) is 0 Å². The standard InChI is InChI=1S/C13H16O6/c1-13(17)9(19-12(16)10(13)14)7-18-11(15)8-5-3-2-4-6-8/h2-6,9-10,12,14,16-17H,7H2,1H3/t9-,10?,12?,13?/m1/s1. The normalized spacial score (nSPS) is 34.2. The van der Waals surface area contributed by atoms with Gasteiger partial charge in [0, 0.05) is 0 Å². The minimum atomic E-state index is -1.67. The van der Waals surface area contributed by atoms with Crippen LogP contribution in [0.5, 0.6) is 0 Å². The van der Waals surface area contributed by atoms with Gasteiger partial charge < -0.3 is 24.8 Å². The van der Waals surface area contributed by atoms with Gasteiger partial charge in [0.1, 0.15) is 24.4 Å². The van der Waals surface area contributed by atoms with E-state index >= 15 is 0 Å². The minimum Gasteiger partial charge on any atom is -0.459 e. The van der Waals surface area contributed by atoms with Gasteiger partial charge >= 0.3 is 5.97 Å². The van der Waals surface area contributed by atoms with Gasteiger partial charge in [-0.15, -0.1) is 0 Å². The SMILES string of the molecule is CC1(O)C(O)C(O)O[C@@H]1COC(=O)c1ccccc1. The number of hydrogen-bond donors (Lipinski definition) is 3. The smallest absolute Gasteiger partial charge is 0.338 e. The number of ether oxygens (including phenoxy) is 2. The second-order valence-electron chi connectivity index (χ2n) is 4.65. The molecule has 0 aromatic heterocycles. The van der Waals surface area contributed by atoms with Gasteiger partial charge in [-0.1, -0.05) is 18.2 Å². The fourth-order valence-corrected chi connectivity index (χ4v) is 1.88. The molecule has 1 aliphatic rings. The van der Waals surface area contributed by atoms with Crippen LogP contribution in [0.1, 0.15) is 17.3 Å². The van der Waals surface area contributed by atoms with Crippen LogP contribution in [0.2, 0.25) is 0 Å². The molecule has 0 bridgehead atoms. The average molecular weight is 268 g/mol. The Morgan fingerprint density at radius 3 is 2.53 bits per heavy atom. The highest BCUT2D eigenvalue weighted by Gasteiger charge is 2.52. The fraction of sp³-hybridized carbons (Fsp3) is 0.462. The van der Waals surface area contributed by atoms with Gasteiger partial charge in [0.05, 0.1) is 5.56 Å². The van der Waals surface area contributed by atoms with Gasteiger partial charge in [-0.3, -0.25) is 0 Å². The van der Waals surface area contributed by atoms with E-state index in [1.807, 2.05) is 0 Å². The zero-order valence-electron chi connectivity index (χ0n) is 10.4. The summed E-state index contributed by atoms with van der Waals surface area (Å²) in [4.78, 5) is 11.7. The highest BCUT2D eigenvalue weighted by Crippen LogP contribution is 2.30. The Morgan fingerprint density at radius 1 is 1.37 bits per heavy atom. The van der Waals surface area contributed by atoms with Crippen molar-refractivity contribution in [1.82, 2.24) is 0 Å². The lowest BCUT2D eigenvalue weighted by Crippen LogP contribution is -2.47. The number of hydrogen-bond acceptors (Lipinski definition) is 6. The summed E-state index contributed by atoms with van der Waals surface area (Å²) in [6, 6.07) is 8.37. The molecule has 0 amide bonds. The predicted octanol–water partition coefficient (Wildman–Crippen LogP) is -0.328. The van der Waals surface area contributed by atoms with Crippen LogP contribution in [-0.2, 0) is 9.47 Å². The second kappa shape index (κ2) is 5.26. The molecule has 0 radical (unpaired) electrons. The van der Waals surface area contributed by atoms with E-state index in [4.69, 9.17) is 9.47 Å².